The molecule has 0 bridgehead atoms. The summed E-state index contributed by atoms with van der Waals surface area (Å²) in [5.74, 6) is 0. The summed E-state index contributed by atoms with van der Waals surface area (Å²) in [4.78, 5) is 2.12. The maximum atomic E-state index is 2.25. The fraction of sp³-hybridized carbons (Fsp3) is 0.250. The predicted octanol–water partition coefficient (Wildman–Crippen LogP) is 4.04. The third kappa shape index (κ3) is 2.50. The van der Waals surface area contributed by atoms with Gasteiger partial charge in [-0.15, -0.1) is 0 Å². The lowest BCUT2D eigenvalue weighted by molar-refractivity contribution is 1.13. The van der Waals surface area contributed by atoms with Crippen molar-refractivity contribution < 1.29 is 0 Å². The van der Waals surface area contributed by atoms with E-state index in [0.717, 1.165) is 0 Å². The molecule has 0 spiro atoms. The van der Waals surface area contributed by atoms with E-state index in [1.54, 1.807) is 0 Å². The minimum atomic E-state index is 1.24. The minimum Gasteiger partial charge on any atom is -0.378 e. The average molecular weight is 225 g/mol. The fourth-order valence-electron chi connectivity index (χ4n) is 1.99. The summed E-state index contributed by atoms with van der Waals surface area (Å²) in [5.41, 5.74) is 6.49. The lowest BCUT2D eigenvalue weighted by Gasteiger charge is -2.13. The van der Waals surface area contributed by atoms with Crippen LogP contribution in [0.4, 0.5) is 5.69 Å². The Bertz CT molecular complexity index is 510. The van der Waals surface area contributed by atoms with E-state index in [0.29, 0.717) is 0 Å². The largest absolute Gasteiger partial charge is 0.378 e. The van der Waals surface area contributed by atoms with E-state index >= 15 is 0 Å². The molecule has 0 aliphatic rings. The molecule has 0 aliphatic carbocycles. The zero-order chi connectivity index (χ0) is 12.4. The molecule has 0 N–H and O–H groups in total. The first-order valence-corrected chi connectivity index (χ1v) is 5.93. The SMILES string of the molecule is Cc1ccc(C)c(-c2ccc(N(C)C)cc2)c1. The van der Waals surface area contributed by atoms with E-state index in [1.807, 2.05) is 0 Å². The number of nitrogens with zero attached hydrogens (tertiary/aromatic N) is 1. The fourth-order valence-corrected chi connectivity index (χ4v) is 1.99. The van der Waals surface area contributed by atoms with Crippen LogP contribution in [0, 0.1) is 13.8 Å². The van der Waals surface area contributed by atoms with Crippen molar-refractivity contribution in [1.82, 2.24) is 0 Å². The summed E-state index contributed by atoms with van der Waals surface area (Å²) < 4.78 is 0. The maximum absolute atomic E-state index is 2.25. The van der Waals surface area contributed by atoms with Crippen LogP contribution in [0.3, 0.4) is 0 Å². The van der Waals surface area contributed by atoms with Crippen molar-refractivity contribution in [3.8, 4) is 11.1 Å². The molecule has 1 nitrogen and oxygen atoms in total. The lowest BCUT2D eigenvalue weighted by Crippen LogP contribution is -2.07. The molecule has 2 rings (SSSR count). The van der Waals surface area contributed by atoms with Crippen molar-refractivity contribution in [2.24, 2.45) is 0 Å². The normalized spacial score (nSPS) is 10.4. The van der Waals surface area contributed by atoms with Gasteiger partial charge in [-0.25, -0.2) is 0 Å². The molecule has 2 aromatic rings. The van der Waals surface area contributed by atoms with Gasteiger partial charge in [-0.1, -0.05) is 35.9 Å². The summed E-state index contributed by atoms with van der Waals surface area (Å²) in [7, 11) is 4.12. The van der Waals surface area contributed by atoms with E-state index in [1.165, 1.54) is 27.9 Å². The van der Waals surface area contributed by atoms with Gasteiger partial charge in [0, 0.05) is 19.8 Å². The number of hydrogen-bond acceptors (Lipinski definition) is 1. The predicted molar refractivity (Wildman–Crippen MR) is 75.7 cm³/mol. The van der Waals surface area contributed by atoms with Gasteiger partial charge in [0.1, 0.15) is 0 Å². The van der Waals surface area contributed by atoms with Crippen LogP contribution < -0.4 is 4.90 Å². The van der Waals surface area contributed by atoms with Crippen LogP contribution in [0.5, 0.6) is 0 Å². The molecule has 0 aliphatic heterocycles. The van der Waals surface area contributed by atoms with E-state index in [4.69, 9.17) is 0 Å². The van der Waals surface area contributed by atoms with Crippen molar-refractivity contribution in [2.75, 3.05) is 19.0 Å². The molecule has 0 saturated carbocycles. The highest BCUT2D eigenvalue weighted by Gasteiger charge is 2.02. The summed E-state index contributed by atoms with van der Waals surface area (Å²) in [6, 6.07) is 15.3. The molecule has 0 aromatic heterocycles. The summed E-state index contributed by atoms with van der Waals surface area (Å²) in [6.45, 7) is 4.30. The van der Waals surface area contributed by atoms with Gasteiger partial charge in [-0.05, 0) is 42.7 Å². The number of anilines is 1. The van der Waals surface area contributed by atoms with Crippen LogP contribution in [0.25, 0.3) is 11.1 Å². The first-order chi connectivity index (χ1) is 8.08. The van der Waals surface area contributed by atoms with Crippen LogP contribution in [0.1, 0.15) is 11.1 Å². The smallest absolute Gasteiger partial charge is 0.0361 e. The van der Waals surface area contributed by atoms with E-state index < -0.39 is 0 Å². The number of rotatable bonds is 2. The number of aryl methyl sites for hydroxylation is 2. The first-order valence-electron chi connectivity index (χ1n) is 5.93. The van der Waals surface area contributed by atoms with Crippen molar-refractivity contribution in [2.45, 2.75) is 13.8 Å². The van der Waals surface area contributed by atoms with Crippen molar-refractivity contribution in [1.29, 1.82) is 0 Å². The Morgan fingerprint density at radius 2 is 1.47 bits per heavy atom. The van der Waals surface area contributed by atoms with Gasteiger partial charge in [-0.2, -0.15) is 0 Å². The molecule has 0 heterocycles. The third-order valence-corrected chi connectivity index (χ3v) is 3.09. The lowest BCUT2D eigenvalue weighted by atomic mass is 9.98. The highest BCUT2D eigenvalue weighted by molar-refractivity contribution is 5.69. The molecule has 2 aromatic carbocycles. The molecule has 88 valence electrons. The number of hydrogen-bond donors (Lipinski definition) is 0. The van der Waals surface area contributed by atoms with Crippen LogP contribution in [0.15, 0.2) is 42.5 Å². The Morgan fingerprint density at radius 3 is 2.06 bits per heavy atom. The molecule has 0 unspecified atom stereocenters. The summed E-state index contributed by atoms with van der Waals surface area (Å²) in [5, 5.41) is 0. The van der Waals surface area contributed by atoms with Crippen LogP contribution in [0.2, 0.25) is 0 Å². The zero-order valence-corrected chi connectivity index (χ0v) is 11.0. The van der Waals surface area contributed by atoms with Gasteiger partial charge in [-0.3, -0.25) is 0 Å². The van der Waals surface area contributed by atoms with Gasteiger partial charge < -0.3 is 4.90 Å². The second-order valence-electron chi connectivity index (χ2n) is 4.76. The van der Waals surface area contributed by atoms with Crippen molar-refractivity contribution in [3.63, 3.8) is 0 Å². The quantitative estimate of drug-likeness (QED) is 0.745. The highest BCUT2D eigenvalue weighted by Crippen LogP contribution is 2.26. The second-order valence-corrected chi connectivity index (χ2v) is 4.76. The first kappa shape index (κ1) is 11.7. The standard InChI is InChI=1S/C16H19N/c1-12-5-6-13(2)16(11-12)14-7-9-15(10-8-14)17(3)4/h5-11H,1-4H3. The van der Waals surface area contributed by atoms with Crippen molar-refractivity contribution in [3.05, 3.63) is 53.6 Å². The molecule has 0 amide bonds. The molecule has 0 atom stereocenters. The molecule has 0 radical (unpaired) electrons. The van der Waals surface area contributed by atoms with Gasteiger partial charge >= 0.3 is 0 Å². The van der Waals surface area contributed by atoms with Gasteiger partial charge in [0.05, 0.1) is 0 Å². The minimum absolute atomic E-state index is 1.24. The maximum Gasteiger partial charge on any atom is 0.0361 e. The zero-order valence-electron chi connectivity index (χ0n) is 11.0. The van der Waals surface area contributed by atoms with Gasteiger partial charge in [0.25, 0.3) is 0 Å². The Hall–Kier alpha value is -1.76. The number of benzene rings is 2. The Morgan fingerprint density at radius 1 is 0.824 bits per heavy atom. The van der Waals surface area contributed by atoms with Crippen molar-refractivity contribution >= 4 is 5.69 Å². The van der Waals surface area contributed by atoms with Crippen LogP contribution in [-0.4, -0.2) is 14.1 Å². The average Bonchev–Trinajstić information content (AvgIpc) is 2.32. The molecule has 1 heteroatoms. The van der Waals surface area contributed by atoms with Gasteiger partial charge in [0.15, 0.2) is 0 Å². The van der Waals surface area contributed by atoms with E-state index in [-0.39, 0.29) is 0 Å². The third-order valence-electron chi connectivity index (χ3n) is 3.09. The van der Waals surface area contributed by atoms with Crippen LogP contribution in [-0.2, 0) is 0 Å². The Labute approximate surface area is 104 Å². The topological polar surface area (TPSA) is 3.24 Å². The molecule has 0 fully saturated rings. The molecular formula is C16H19N. The molecule has 17 heavy (non-hydrogen) atoms. The Kier molecular flexibility index (Phi) is 3.19. The molecular weight excluding hydrogens is 206 g/mol. The summed E-state index contributed by atoms with van der Waals surface area (Å²) in [6.07, 6.45) is 0. The summed E-state index contributed by atoms with van der Waals surface area (Å²) >= 11 is 0. The molecule has 0 saturated heterocycles. The Balaban J connectivity index is 2.43. The van der Waals surface area contributed by atoms with Gasteiger partial charge in [0.2, 0.25) is 0 Å². The second kappa shape index (κ2) is 4.62. The van der Waals surface area contributed by atoms with Crippen LogP contribution >= 0.6 is 0 Å². The highest BCUT2D eigenvalue weighted by atomic mass is 15.1. The van der Waals surface area contributed by atoms with E-state index in [2.05, 4.69) is 75.3 Å². The monoisotopic (exact) mass is 225 g/mol. The van der Waals surface area contributed by atoms with E-state index in [9.17, 15) is 0 Å².